The maximum absolute atomic E-state index is 13.4. The molecule has 8 nitrogen and oxygen atoms in total. The number of nitrogens with zero attached hydrogens (tertiary/aromatic N) is 2. The van der Waals surface area contributed by atoms with Crippen LogP contribution in [-0.2, 0) is 22.6 Å². The lowest BCUT2D eigenvalue weighted by molar-refractivity contribution is -0.192. The maximum atomic E-state index is 13.4. The Balaban J connectivity index is 0.000000727. The SMILES string of the molecule is O=C(NCCN1CCCC1)c1cccc(-c2cccc(CN(CCc3ccc(O)cc3)C(=O)/C=C/c3ccccc3)c2)c1.O=C(O)C(F)(F)F. The van der Waals surface area contributed by atoms with E-state index in [-0.39, 0.29) is 17.6 Å². The highest BCUT2D eigenvalue weighted by molar-refractivity contribution is 5.95. The van der Waals surface area contributed by atoms with E-state index >= 15 is 0 Å². The molecule has 1 aliphatic heterocycles. The first-order valence-corrected chi connectivity index (χ1v) is 16.3. The van der Waals surface area contributed by atoms with Gasteiger partial charge >= 0.3 is 12.1 Å². The quantitative estimate of drug-likeness (QED) is 0.141. The maximum Gasteiger partial charge on any atom is 0.490 e. The molecule has 1 fully saturated rings. The van der Waals surface area contributed by atoms with Gasteiger partial charge in [0.25, 0.3) is 5.91 Å². The van der Waals surface area contributed by atoms with Crippen molar-refractivity contribution in [3.8, 4) is 16.9 Å². The molecule has 5 rings (SSSR count). The third-order valence-corrected chi connectivity index (χ3v) is 8.05. The molecule has 262 valence electrons. The zero-order valence-corrected chi connectivity index (χ0v) is 27.5. The first-order chi connectivity index (χ1) is 24.0. The van der Waals surface area contributed by atoms with Crippen molar-refractivity contribution in [1.82, 2.24) is 15.1 Å². The van der Waals surface area contributed by atoms with Crippen LogP contribution < -0.4 is 5.32 Å². The number of likely N-dealkylation sites (tertiary alicyclic amines) is 1. The molecule has 3 N–H and O–H groups in total. The third kappa shape index (κ3) is 12.2. The van der Waals surface area contributed by atoms with Crippen LogP contribution in [-0.4, -0.2) is 76.7 Å². The molecule has 11 heteroatoms. The van der Waals surface area contributed by atoms with Crippen molar-refractivity contribution in [2.24, 2.45) is 0 Å². The van der Waals surface area contributed by atoms with Gasteiger partial charge in [-0.15, -0.1) is 0 Å². The van der Waals surface area contributed by atoms with Crippen LogP contribution in [0.1, 0.15) is 39.9 Å². The Labute approximate surface area is 289 Å². The molecule has 1 aliphatic rings. The lowest BCUT2D eigenvalue weighted by Crippen LogP contribution is -2.33. The van der Waals surface area contributed by atoms with E-state index in [9.17, 15) is 27.9 Å². The first kappa shape index (κ1) is 37.4. The summed E-state index contributed by atoms with van der Waals surface area (Å²) in [6, 6.07) is 32.7. The highest BCUT2D eigenvalue weighted by Gasteiger charge is 2.38. The number of amides is 2. The van der Waals surface area contributed by atoms with Gasteiger partial charge in [-0.05, 0) is 96.6 Å². The molecule has 50 heavy (non-hydrogen) atoms. The van der Waals surface area contributed by atoms with E-state index in [2.05, 4.69) is 16.3 Å². The summed E-state index contributed by atoms with van der Waals surface area (Å²) in [5.74, 6) is -2.66. The third-order valence-electron chi connectivity index (χ3n) is 8.05. The molecule has 1 heterocycles. The number of phenols is 1. The number of aromatic hydroxyl groups is 1. The minimum absolute atomic E-state index is 0.0617. The average molecular weight is 688 g/mol. The molecule has 4 aromatic carbocycles. The number of carbonyl (C=O) groups excluding carboxylic acids is 2. The van der Waals surface area contributed by atoms with Crippen molar-refractivity contribution < 1.29 is 37.8 Å². The van der Waals surface area contributed by atoms with Crippen LogP contribution in [0.15, 0.2) is 109 Å². The summed E-state index contributed by atoms with van der Waals surface area (Å²) < 4.78 is 31.7. The second-order valence-corrected chi connectivity index (χ2v) is 11.8. The molecular weight excluding hydrogens is 647 g/mol. The lowest BCUT2D eigenvalue weighted by atomic mass is 10.0. The summed E-state index contributed by atoms with van der Waals surface area (Å²) >= 11 is 0. The molecule has 0 unspecified atom stereocenters. The van der Waals surface area contributed by atoms with Gasteiger partial charge < -0.3 is 25.3 Å². The predicted molar refractivity (Wildman–Crippen MR) is 186 cm³/mol. The van der Waals surface area contributed by atoms with Crippen molar-refractivity contribution in [3.63, 3.8) is 0 Å². The minimum Gasteiger partial charge on any atom is -0.508 e. The number of halogens is 3. The Hall–Kier alpha value is -5.42. The minimum atomic E-state index is -5.08. The number of rotatable bonds is 12. The average Bonchev–Trinajstić information content (AvgIpc) is 3.64. The van der Waals surface area contributed by atoms with Crippen molar-refractivity contribution in [3.05, 3.63) is 131 Å². The fraction of sp³-hybridized carbons (Fsp3) is 0.256. The molecule has 0 aliphatic carbocycles. The van der Waals surface area contributed by atoms with Crippen LogP contribution in [0.3, 0.4) is 0 Å². The number of phenolic OH excluding ortho intramolecular Hbond substituents is 1. The molecule has 2 amide bonds. The van der Waals surface area contributed by atoms with Crippen molar-refractivity contribution in [2.75, 3.05) is 32.7 Å². The van der Waals surface area contributed by atoms with Gasteiger partial charge in [0.1, 0.15) is 5.75 Å². The Morgan fingerprint density at radius 3 is 2.12 bits per heavy atom. The van der Waals surface area contributed by atoms with Crippen LogP contribution in [0, 0.1) is 0 Å². The molecule has 4 aromatic rings. The summed E-state index contributed by atoms with van der Waals surface area (Å²) in [6.45, 7) is 4.73. The van der Waals surface area contributed by atoms with Crippen LogP contribution in [0.5, 0.6) is 5.75 Å². The van der Waals surface area contributed by atoms with E-state index in [1.165, 1.54) is 12.8 Å². The number of hydrogen-bond acceptors (Lipinski definition) is 5. The number of carboxylic acids is 1. The van der Waals surface area contributed by atoms with Crippen LogP contribution in [0.2, 0.25) is 0 Å². The monoisotopic (exact) mass is 687 g/mol. The fourth-order valence-corrected chi connectivity index (χ4v) is 5.38. The summed E-state index contributed by atoms with van der Waals surface area (Å²) in [5.41, 5.74) is 5.62. The van der Waals surface area contributed by atoms with Crippen molar-refractivity contribution in [2.45, 2.75) is 32.0 Å². The first-order valence-electron chi connectivity index (χ1n) is 16.3. The highest BCUT2D eigenvalue weighted by Crippen LogP contribution is 2.23. The normalized spacial score (nSPS) is 13.0. The van der Waals surface area contributed by atoms with Gasteiger partial charge in [0, 0.05) is 37.8 Å². The number of aliphatic carboxylic acids is 1. The fourth-order valence-electron chi connectivity index (χ4n) is 5.38. The summed E-state index contributed by atoms with van der Waals surface area (Å²) in [5, 5.41) is 19.8. The van der Waals surface area contributed by atoms with E-state index < -0.39 is 12.1 Å². The molecule has 0 atom stereocenters. The molecule has 0 aromatic heterocycles. The lowest BCUT2D eigenvalue weighted by Gasteiger charge is -2.22. The largest absolute Gasteiger partial charge is 0.508 e. The Morgan fingerprint density at radius 1 is 0.820 bits per heavy atom. The standard InChI is InChI=1S/C37H39N3O3.C2HF3O2/c41-35-17-14-30(15-18-35)20-24-40(36(42)19-16-29-8-2-1-3-9-29)28-31-10-6-11-32(26-31)33-12-7-13-34(27-33)37(43)38-21-25-39-22-4-5-23-39;3-2(4,5)1(6)7/h1-3,6-19,26-27,41H,4-5,20-25,28H2,(H,38,43);(H,6,7)/b19-16+;. The van der Waals surface area contributed by atoms with Gasteiger partial charge in [-0.25, -0.2) is 4.79 Å². The number of alkyl halides is 3. The predicted octanol–water partition coefficient (Wildman–Crippen LogP) is 6.80. The van der Waals surface area contributed by atoms with Crippen LogP contribution >= 0.6 is 0 Å². The second kappa shape index (κ2) is 18.4. The Bertz CT molecular complexity index is 1740. The van der Waals surface area contributed by atoms with Gasteiger partial charge in [-0.3, -0.25) is 9.59 Å². The van der Waals surface area contributed by atoms with Crippen molar-refractivity contribution in [1.29, 1.82) is 0 Å². The van der Waals surface area contributed by atoms with E-state index in [1.54, 1.807) is 18.2 Å². The molecule has 0 spiro atoms. The van der Waals surface area contributed by atoms with E-state index in [1.807, 2.05) is 95.9 Å². The van der Waals surface area contributed by atoms with E-state index in [4.69, 9.17) is 9.90 Å². The van der Waals surface area contributed by atoms with Crippen LogP contribution in [0.4, 0.5) is 13.2 Å². The van der Waals surface area contributed by atoms with Gasteiger partial charge in [0.2, 0.25) is 5.91 Å². The molecule has 0 saturated carbocycles. The zero-order valence-electron chi connectivity index (χ0n) is 27.5. The number of hydrogen-bond donors (Lipinski definition) is 3. The summed E-state index contributed by atoms with van der Waals surface area (Å²) in [4.78, 5) is 39.4. The molecular formula is C39H40F3N3O5. The zero-order chi connectivity index (χ0) is 35.9. The smallest absolute Gasteiger partial charge is 0.490 e. The van der Waals surface area contributed by atoms with Gasteiger partial charge in [0.05, 0.1) is 0 Å². The number of benzene rings is 4. The van der Waals surface area contributed by atoms with Gasteiger partial charge in [0.15, 0.2) is 0 Å². The van der Waals surface area contributed by atoms with E-state index in [0.717, 1.165) is 47.5 Å². The summed E-state index contributed by atoms with van der Waals surface area (Å²) in [7, 11) is 0. The number of carbonyl (C=O) groups is 3. The topological polar surface area (TPSA) is 110 Å². The Morgan fingerprint density at radius 2 is 1.46 bits per heavy atom. The second-order valence-electron chi connectivity index (χ2n) is 11.8. The van der Waals surface area contributed by atoms with Crippen molar-refractivity contribution >= 4 is 23.9 Å². The molecule has 0 bridgehead atoms. The molecule has 1 saturated heterocycles. The van der Waals surface area contributed by atoms with Crippen LogP contribution in [0.25, 0.3) is 17.2 Å². The highest BCUT2D eigenvalue weighted by atomic mass is 19.4. The number of nitrogens with one attached hydrogen (secondary N) is 1. The molecule has 0 radical (unpaired) electrons. The number of carboxylic acid groups (broad SMARTS) is 1. The van der Waals surface area contributed by atoms with Gasteiger partial charge in [-0.2, -0.15) is 13.2 Å². The van der Waals surface area contributed by atoms with Gasteiger partial charge in [-0.1, -0.05) is 72.8 Å². The summed E-state index contributed by atoms with van der Waals surface area (Å²) in [6.07, 6.45) is 1.53. The van der Waals surface area contributed by atoms with E-state index in [0.29, 0.717) is 31.6 Å². The Kier molecular flexibility index (Phi) is 13.7.